The number of likely N-dealkylation sites (tertiary alicyclic amines) is 1. The summed E-state index contributed by atoms with van der Waals surface area (Å²) in [5.41, 5.74) is 0.942. The Kier molecular flexibility index (Phi) is 5.43. The zero-order chi connectivity index (χ0) is 19.6. The van der Waals surface area contributed by atoms with Crippen molar-refractivity contribution in [3.8, 4) is 5.75 Å². The summed E-state index contributed by atoms with van der Waals surface area (Å²) in [5, 5.41) is 9.11. The Morgan fingerprint density at radius 1 is 1.26 bits per heavy atom. The van der Waals surface area contributed by atoms with E-state index in [1.54, 1.807) is 25.2 Å². The molecule has 0 bridgehead atoms. The van der Waals surface area contributed by atoms with Crippen molar-refractivity contribution in [2.24, 2.45) is 5.92 Å². The van der Waals surface area contributed by atoms with Gasteiger partial charge in [-0.3, -0.25) is 19.2 Å². The first-order valence-corrected chi connectivity index (χ1v) is 8.94. The van der Waals surface area contributed by atoms with Crippen molar-refractivity contribution in [1.82, 2.24) is 4.90 Å². The lowest BCUT2D eigenvalue weighted by Gasteiger charge is -2.30. The molecule has 2 aliphatic rings. The van der Waals surface area contributed by atoms with E-state index in [1.165, 1.54) is 9.80 Å². The maximum Gasteiger partial charge on any atom is 0.308 e. The highest BCUT2D eigenvalue weighted by atomic mass is 16.5. The molecular formula is C19H22N2O6. The van der Waals surface area contributed by atoms with Crippen LogP contribution in [0.1, 0.15) is 36.0 Å². The van der Waals surface area contributed by atoms with Crippen molar-refractivity contribution in [3.63, 3.8) is 0 Å². The number of rotatable bonds is 5. The molecule has 1 atom stereocenters. The molecule has 144 valence electrons. The van der Waals surface area contributed by atoms with Crippen LogP contribution in [0.25, 0.3) is 0 Å². The summed E-state index contributed by atoms with van der Waals surface area (Å²) in [4.78, 5) is 50.6. The van der Waals surface area contributed by atoms with Gasteiger partial charge >= 0.3 is 5.97 Å². The molecule has 0 spiro atoms. The summed E-state index contributed by atoms with van der Waals surface area (Å²) in [6, 6.07) is 4.87. The predicted molar refractivity (Wildman–Crippen MR) is 95.9 cm³/mol. The van der Waals surface area contributed by atoms with Crippen LogP contribution < -0.4 is 9.64 Å². The molecular weight excluding hydrogens is 352 g/mol. The number of aliphatic carboxylic acids is 1. The van der Waals surface area contributed by atoms with Crippen LogP contribution in [0.5, 0.6) is 5.75 Å². The number of ketones is 1. The van der Waals surface area contributed by atoms with E-state index in [0.29, 0.717) is 36.4 Å². The summed E-state index contributed by atoms with van der Waals surface area (Å²) in [7, 11) is 1.62. The van der Waals surface area contributed by atoms with Crippen LogP contribution in [0, 0.1) is 5.92 Å². The standard InChI is InChI=1S/C19H22N2O6/c1-20-14-9-12(4-6-16(14)27-11-18(20)24)15(22)5-7-17(23)21-8-2-3-13(10-21)19(25)26/h4,6,9,13H,2-3,5,7-8,10-11H2,1H3,(H,25,26). The highest BCUT2D eigenvalue weighted by Crippen LogP contribution is 2.32. The highest BCUT2D eigenvalue weighted by Gasteiger charge is 2.28. The molecule has 0 radical (unpaired) electrons. The number of piperidine rings is 1. The minimum Gasteiger partial charge on any atom is -0.482 e. The first-order valence-electron chi connectivity index (χ1n) is 8.94. The second-order valence-corrected chi connectivity index (χ2v) is 6.86. The maximum absolute atomic E-state index is 12.5. The number of carboxylic acids is 1. The number of carbonyl (C=O) groups excluding carboxylic acids is 3. The molecule has 27 heavy (non-hydrogen) atoms. The Bertz CT molecular complexity index is 790. The molecule has 1 N–H and O–H groups in total. The number of amides is 2. The van der Waals surface area contributed by atoms with E-state index >= 15 is 0 Å². The van der Waals surface area contributed by atoms with Crippen LogP contribution in [-0.4, -0.2) is 60.3 Å². The number of carboxylic acid groups (broad SMARTS) is 1. The molecule has 2 amide bonds. The summed E-state index contributed by atoms with van der Waals surface area (Å²) in [6.07, 6.45) is 1.29. The molecule has 2 heterocycles. The molecule has 1 aromatic carbocycles. The number of ether oxygens (including phenoxy) is 1. The van der Waals surface area contributed by atoms with Crippen LogP contribution in [0.15, 0.2) is 18.2 Å². The Morgan fingerprint density at radius 3 is 2.78 bits per heavy atom. The first kappa shape index (κ1) is 18.9. The summed E-state index contributed by atoms with van der Waals surface area (Å²) < 4.78 is 5.34. The third-order valence-corrected chi connectivity index (χ3v) is 5.06. The molecule has 0 saturated carbocycles. The predicted octanol–water partition coefficient (Wildman–Crippen LogP) is 1.33. The number of anilines is 1. The fourth-order valence-corrected chi connectivity index (χ4v) is 3.37. The number of likely N-dealkylation sites (N-methyl/N-ethyl adjacent to an activating group) is 1. The molecule has 0 aliphatic carbocycles. The van der Waals surface area contributed by atoms with E-state index in [1.807, 2.05) is 0 Å². The third-order valence-electron chi connectivity index (χ3n) is 5.06. The largest absolute Gasteiger partial charge is 0.482 e. The minimum absolute atomic E-state index is 0.0293. The lowest BCUT2D eigenvalue weighted by atomic mass is 9.97. The van der Waals surface area contributed by atoms with Crippen LogP contribution in [0.4, 0.5) is 5.69 Å². The zero-order valence-corrected chi connectivity index (χ0v) is 15.1. The number of Topliss-reactive ketones (excluding diaryl/α,β-unsaturated/α-hetero) is 1. The Hall–Kier alpha value is -2.90. The van der Waals surface area contributed by atoms with E-state index in [0.717, 1.165) is 0 Å². The van der Waals surface area contributed by atoms with E-state index in [2.05, 4.69) is 0 Å². The SMILES string of the molecule is CN1C(=O)COc2ccc(C(=O)CCC(=O)N3CCCC(C(=O)O)C3)cc21. The molecule has 1 aromatic rings. The molecule has 8 nitrogen and oxygen atoms in total. The van der Waals surface area contributed by atoms with Gasteiger partial charge in [-0.05, 0) is 31.0 Å². The summed E-state index contributed by atoms with van der Waals surface area (Å²) in [5.74, 6) is -1.49. The normalized spacial score (nSPS) is 19.3. The van der Waals surface area contributed by atoms with Gasteiger partial charge in [-0.15, -0.1) is 0 Å². The molecule has 2 aliphatic heterocycles. The van der Waals surface area contributed by atoms with Gasteiger partial charge in [0.15, 0.2) is 12.4 Å². The average Bonchev–Trinajstić information content (AvgIpc) is 2.68. The topological polar surface area (TPSA) is 104 Å². The fourth-order valence-electron chi connectivity index (χ4n) is 3.37. The van der Waals surface area contributed by atoms with Crippen LogP contribution in [-0.2, 0) is 14.4 Å². The maximum atomic E-state index is 12.5. The fraction of sp³-hybridized carbons (Fsp3) is 0.474. The molecule has 8 heteroatoms. The van der Waals surface area contributed by atoms with Gasteiger partial charge in [-0.1, -0.05) is 0 Å². The van der Waals surface area contributed by atoms with E-state index in [4.69, 9.17) is 9.84 Å². The summed E-state index contributed by atoms with van der Waals surface area (Å²) >= 11 is 0. The molecule has 3 rings (SSSR count). The monoisotopic (exact) mass is 374 g/mol. The van der Waals surface area contributed by atoms with Gasteiger partial charge in [-0.25, -0.2) is 0 Å². The Morgan fingerprint density at radius 2 is 2.04 bits per heavy atom. The van der Waals surface area contributed by atoms with E-state index in [-0.39, 0.29) is 43.6 Å². The number of hydrogen-bond acceptors (Lipinski definition) is 5. The van der Waals surface area contributed by atoms with Gasteiger partial charge in [0.05, 0.1) is 11.6 Å². The lowest BCUT2D eigenvalue weighted by molar-refractivity contribution is -0.145. The lowest BCUT2D eigenvalue weighted by Crippen LogP contribution is -2.42. The highest BCUT2D eigenvalue weighted by molar-refractivity contribution is 6.02. The summed E-state index contributed by atoms with van der Waals surface area (Å²) in [6.45, 7) is 0.698. The van der Waals surface area contributed by atoms with Crippen molar-refractivity contribution in [3.05, 3.63) is 23.8 Å². The Balaban J connectivity index is 1.60. The van der Waals surface area contributed by atoms with Gasteiger partial charge in [0, 0.05) is 38.5 Å². The number of nitrogens with zero attached hydrogens (tertiary/aromatic N) is 2. The zero-order valence-electron chi connectivity index (χ0n) is 15.1. The average molecular weight is 374 g/mol. The van der Waals surface area contributed by atoms with Crippen molar-refractivity contribution in [1.29, 1.82) is 0 Å². The van der Waals surface area contributed by atoms with Crippen molar-refractivity contribution >= 4 is 29.3 Å². The molecule has 1 saturated heterocycles. The van der Waals surface area contributed by atoms with Crippen LogP contribution >= 0.6 is 0 Å². The second kappa shape index (κ2) is 7.77. The van der Waals surface area contributed by atoms with Crippen molar-refractivity contribution < 1.29 is 29.0 Å². The number of benzene rings is 1. The quantitative estimate of drug-likeness (QED) is 0.780. The molecule has 1 fully saturated rings. The molecule has 0 aromatic heterocycles. The van der Waals surface area contributed by atoms with Gasteiger partial charge in [0.25, 0.3) is 5.91 Å². The van der Waals surface area contributed by atoms with Gasteiger partial charge in [0.2, 0.25) is 5.91 Å². The van der Waals surface area contributed by atoms with Gasteiger partial charge in [-0.2, -0.15) is 0 Å². The molecule has 1 unspecified atom stereocenters. The van der Waals surface area contributed by atoms with Gasteiger partial charge in [0.1, 0.15) is 5.75 Å². The van der Waals surface area contributed by atoms with E-state index in [9.17, 15) is 19.2 Å². The van der Waals surface area contributed by atoms with Gasteiger partial charge < -0.3 is 19.6 Å². The van der Waals surface area contributed by atoms with Crippen LogP contribution in [0.2, 0.25) is 0 Å². The number of fused-ring (bicyclic) bond motifs is 1. The minimum atomic E-state index is -0.890. The first-order chi connectivity index (χ1) is 12.9. The number of carbonyl (C=O) groups is 4. The smallest absolute Gasteiger partial charge is 0.308 e. The number of hydrogen-bond donors (Lipinski definition) is 1. The van der Waals surface area contributed by atoms with Crippen molar-refractivity contribution in [2.75, 3.05) is 31.6 Å². The van der Waals surface area contributed by atoms with E-state index < -0.39 is 11.9 Å². The Labute approximate surface area is 156 Å². The van der Waals surface area contributed by atoms with Crippen LogP contribution in [0.3, 0.4) is 0 Å². The van der Waals surface area contributed by atoms with Crippen molar-refractivity contribution in [2.45, 2.75) is 25.7 Å². The third kappa shape index (κ3) is 4.10. The second-order valence-electron chi connectivity index (χ2n) is 6.86.